The third-order valence-corrected chi connectivity index (χ3v) is 4.03. The van der Waals surface area contributed by atoms with Gasteiger partial charge in [-0.2, -0.15) is 0 Å². The van der Waals surface area contributed by atoms with Crippen molar-refractivity contribution in [3.8, 4) is 5.75 Å². The number of benzene rings is 2. The lowest BCUT2D eigenvalue weighted by atomic mass is 9.85. The molecular formula is C20H27FIN3O. The number of halogens is 2. The lowest BCUT2D eigenvalue weighted by Gasteiger charge is -2.26. The number of hydrogen-bond donors (Lipinski definition) is 3. The molecule has 2 aromatic rings. The van der Waals surface area contributed by atoms with Crippen LogP contribution in [0.25, 0.3) is 0 Å². The minimum Gasteiger partial charge on any atom is -0.505 e. The second kappa shape index (κ2) is 10.4. The molecule has 6 heteroatoms. The third-order valence-electron chi connectivity index (χ3n) is 4.03. The number of hydrogen-bond acceptors (Lipinski definition) is 2. The van der Waals surface area contributed by atoms with Crippen molar-refractivity contribution in [2.24, 2.45) is 4.99 Å². The summed E-state index contributed by atoms with van der Waals surface area (Å²) in [4.78, 5) is 4.50. The maximum atomic E-state index is 13.4. The quantitative estimate of drug-likeness (QED) is 0.337. The van der Waals surface area contributed by atoms with Gasteiger partial charge in [0.25, 0.3) is 0 Å². The highest BCUT2D eigenvalue weighted by Gasteiger charge is 2.20. The van der Waals surface area contributed by atoms with Gasteiger partial charge in [0.1, 0.15) is 0 Å². The molecule has 0 amide bonds. The number of nitrogens with one attached hydrogen (secondary N) is 2. The molecule has 26 heavy (non-hydrogen) atoms. The van der Waals surface area contributed by atoms with E-state index in [4.69, 9.17) is 0 Å². The van der Waals surface area contributed by atoms with Crippen LogP contribution in [0.1, 0.15) is 31.9 Å². The van der Waals surface area contributed by atoms with E-state index in [9.17, 15) is 9.50 Å². The fraction of sp³-hybridized carbons (Fsp3) is 0.350. The molecule has 0 aliphatic carbocycles. The predicted octanol–water partition coefficient (Wildman–Crippen LogP) is 4.18. The summed E-state index contributed by atoms with van der Waals surface area (Å²) >= 11 is 0. The van der Waals surface area contributed by atoms with Crippen LogP contribution in [-0.2, 0) is 12.0 Å². The van der Waals surface area contributed by atoms with Crippen molar-refractivity contribution < 1.29 is 9.50 Å². The van der Waals surface area contributed by atoms with Gasteiger partial charge in [0.15, 0.2) is 17.5 Å². The van der Waals surface area contributed by atoms with Crippen LogP contribution in [0.15, 0.2) is 53.5 Å². The molecule has 2 rings (SSSR count). The standard InChI is InChI=1S/C20H26FN3O.HI/c1-4-22-19(23-13-15-10-11-18(25)17(21)12-15)24-14-20(2,3)16-8-6-5-7-9-16;/h5-12,25H,4,13-14H2,1-3H3,(H2,22,23,24);1H. The van der Waals surface area contributed by atoms with Crippen molar-refractivity contribution in [1.29, 1.82) is 0 Å². The maximum absolute atomic E-state index is 13.4. The lowest BCUT2D eigenvalue weighted by molar-refractivity contribution is 0.432. The van der Waals surface area contributed by atoms with Gasteiger partial charge in [0.05, 0.1) is 6.54 Å². The molecular weight excluding hydrogens is 444 g/mol. The number of phenols is 1. The molecule has 0 saturated heterocycles. The smallest absolute Gasteiger partial charge is 0.191 e. The summed E-state index contributed by atoms with van der Waals surface area (Å²) in [6.45, 7) is 8.13. The highest BCUT2D eigenvalue weighted by molar-refractivity contribution is 14.0. The summed E-state index contributed by atoms with van der Waals surface area (Å²) in [5.41, 5.74) is 1.90. The van der Waals surface area contributed by atoms with E-state index < -0.39 is 5.82 Å². The normalized spacial score (nSPS) is 11.6. The van der Waals surface area contributed by atoms with Gasteiger partial charge in [0.2, 0.25) is 0 Å². The van der Waals surface area contributed by atoms with Gasteiger partial charge in [-0.05, 0) is 30.2 Å². The Hall–Kier alpha value is -1.83. The first-order chi connectivity index (χ1) is 11.9. The highest BCUT2D eigenvalue weighted by atomic mass is 127. The first-order valence-corrected chi connectivity index (χ1v) is 8.47. The molecule has 0 fully saturated rings. The number of nitrogens with zero attached hydrogens (tertiary/aromatic N) is 1. The Morgan fingerprint density at radius 2 is 1.81 bits per heavy atom. The van der Waals surface area contributed by atoms with Crippen molar-refractivity contribution in [3.05, 3.63) is 65.5 Å². The monoisotopic (exact) mass is 471 g/mol. The second-order valence-corrected chi connectivity index (χ2v) is 6.58. The van der Waals surface area contributed by atoms with Crippen LogP contribution in [-0.4, -0.2) is 24.2 Å². The van der Waals surface area contributed by atoms with Crippen LogP contribution in [0.3, 0.4) is 0 Å². The Kier molecular flexibility index (Phi) is 8.84. The Morgan fingerprint density at radius 3 is 2.42 bits per heavy atom. The van der Waals surface area contributed by atoms with E-state index in [1.807, 2.05) is 25.1 Å². The van der Waals surface area contributed by atoms with E-state index in [1.54, 1.807) is 6.07 Å². The summed E-state index contributed by atoms with van der Waals surface area (Å²) in [5.74, 6) is -0.293. The number of aliphatic imine (C=N–C) groups is 1. The minimum atomic E-state index is -0.629. The van der Waals surface area contributed by atoms with Crippen molar-refractivity contribution in [3.63, 3.8) is 0 Å². The zero-order chi connectivity index (χ0) is 18.3. The zero-order valence-corrected chi connectivity index (χ0v) is 17.8. The molecule has 0 unspecified atom stereocenters. The van der Waals surface area contributed by atoms with E-state index >= 15 is 0 Å². The van der Waals surface area contributed by atoms with E-state index in [1.165, 1.54) is 17.7 Å². The van der Waals surface area contributed by atoms with Gasteiger partial charge < -0.3 is 15.7 Å². The SMILES string of the molecule is CCNC(=NCc1ccc(O)c(F)c1)NCC(C)(C)c1ccccc1.I. The van der Waals surface area contributed by atoms with Crippen molar-refractivity contribution in [2.45, 2.75) is 32.7 Å². The molecule has 0 aliphatic heterocycles. The van der Waals surface area contributed by atoms with Crippen molar-refractivity contribution in [1.82, 2.24) is 10.6 Å². The predicted molar refractivity (Wildman–Crippen MR) is 116 cm³/mol. The molecule has 0 aliphatic rings. The molecule has 4 nitrogen and oxygen atoms in total. The molecule has 0 aromatic heterocycles. The third kappa shape index (κ3) is 6.48. The van der Waals surface area contributed by atoms with Gasteiger partial charge in [-0.1, -0.05) is 50.2 Å². The molecule has 0 atom stereocenters. The number of rotatable bonds is 6. The average molecular weight is 471 g/mol. The molecule has 2 aromatic carbocycles. The van der Waals surface area contributed by atoms with Crippen LogP contribution >= 0.6 is 24.0 Å². The number of phenolic OH excluding ortho intramolecular Hbond substituents is 1. The van der Waals surface area contributed by atoms with Crippen molar-refractivity contribution in [2.75, 3.05) is 13.1 Å². The van der Waals surface area contributed by atoms with Crippen molar-refractivity contribution >= 4 is 29.9 Å². The maximum Gasteiger partial charge on any atom is 0.191 e. The molecule has 0 heterocycles. The summed E-state index contributed by atoms with van der Waals surface area (Å²) < 4.78 is 13.4. The average Bonchev–Trinajstić information content (AvgIpc) is 2.61. The molecule has 3 N–H and O–H groups in total. The minimum absolute atomic E-state index is 0. The topological polar surface area (TPSA) is 56.7 Å². The van der Waals surface area contributed by atoms with E-state index in [0.29, 0.717) is 24.6 Å². The van der Waals surface area contributed by atoms with Crippen LogP contribution in [0.5, 0.6) is 5.75 Å². The van der Waals surface area contributed by atoms with Gasteiger partial charge in [-0.25, -0.2) is 9.38 Å². The molecule has 142 valence electrons. The van der Waals surface area contributed by atoms with Gasteiger partial charge in [-0.3, -0.25) is 0 Å². The first-order valence-electron chi connectivity index (χ1n) is 8.47. The Balaban J connectivity index is 0.00000338. The van der Waals surface area contributed by atoms with Gasteiger partial charge in [0, 0.05) is 18.5 Å². The summed E-state index contributed by atoms with van der Waals surface area (Å²) in [5, 5.41) is 15.8. The Morgan fingerprint density at radius 1 is 1.12 bits per heavy atom. The Bertz CT molecular complexity index is 720. The largest absolute Gasteiger partial charge is 0.505 e. The summed E-state index contributed by atoms with van der Waals surface area (Å²) in [7, 11) is 0. The van der Waals surface area contributed by atoms with Crippen LogP contribution in [0.4, 0.5) is 4.39 Å². The van der Waals surface area contributed by atoms with Gasteiger partial charge in [-0.15, -0.1) is 24.0 Å². The van der Waals surface area contributed by atoms with Crippen LogP contribution in [0.2, 0.25) is 0 Å². The van der Waals surface area contributed by atoms with Crippen LogP contribution < -0.4 is 10.6 Å². The van der Waals surface area contributed by atoms with Crippen LogP contribution in [0, 0.1) is 5.82 Å². The zero-order valence-electron chi connectivity index (χ0n) is 15.4. The molecule has 0 saturated carbocycles. The highest BCUT2D eigenvalue weighted by Crippen LogP contribution is 2.21. The summed E-state index contributed by atoms with van der Waals surface area (Å²) in [6, 6.07) is 14.6. The Labute approximate surface area is 172 Å². The first kappa shape index (κ1) is 22.2. The molecule has 0 radical (unpaired) electrons. The fourth-order valence-corrected chi connectivity index (χ4v) is 2.46. The fourth-order valence-electron chi connectivity index (χ4n) is 2.46. The number of guanidine groups is 1. The second-order valence-electron chi connectivity index (χ2n) is 6.58. The summed E-state index contributed by atoms with van der Waals surface area (Å²) in [6.07, 6.45) is 0. The lowest BCUT2D eigenvalue weighted by Crippen LogP contribution is -2.43. The van der Waals surface area contributed by atoms with E-state index in [0.717, 1.165) is 6.54 Å². The van der Waals surface area contributed by atoms with Gasteiger partial charge >= 0.3 is 0 Å². The van der Waals surface area contributed by atoms with E-state index in [-0.39, 0.29) is 35.1 Å². The molecule has 0 spiro atoms. The molecule has 0 bridgehead atoms. The van der Waals surface area contributed by atoms with E-state index in [2.05, 4.69) is 41.6 Å². The number of aromatic hydroxyl groups is 1.